The monoisotopic (exact) mass is 387 g/mol. The van der Waals surface area contributed by atoms with Crippen LogP contribution in [0.2, 0.25) is 0 Å². The van der Waals surface area contributed by atoms with Gasteiger partial charge in [-0.05, 0) is 37.8 Å². The number of likely N-dealkylation sites (N-methyl/N-ethyl adjacent to an activating group) is 1. The molecule has 0 aromatic carbocycles. The van der Waals surface area contributed by atoms with E-state index in [9.17, 15) is 19.6 Å². The summed E-state index contributed by atoms with van der Waals surface area (Å²) in [5.74, 6) is -1.20. The first kappa shape index (κ1) is 19.9. The molecular weight excluding hydrogens is 362 g/mol. The van der Waals surface area contributed by atoms with E-state index in [0.29, 0.717) is 32.2 Å². The Balaban J connectivity index is 1.57. The van der Waals surface area contributed by atoms with Gasteiger partial charge in [-0.15, -0.1) is 0 Å². The highest BCUT2D eigenvalue weighted by Crippen LogP contribution is 2.32. The molecule has 2 fully saturated rings. The summed E-state index contributed by atoms with van der Waals surface area (Å²) >= 11 is 0. The molecular formula is C20H25N3O5. The second-order valence-electron chi connectivity index (χ2n) is 7.40. The highest BCUT2D eigenvalue weighted by Gasteiger charge is 2.40. The highest BCUT2D eigenvalue weighted by atomic mass is 16.5. The number of ether oxygens (including phenoxy) is 1. The van der Waals surface area contributed by atoms with Crippen molar-refractivity contribution in [3.05, 3.63) is 24.2 Å². The molecule has 2 heterocycles. The van der Waals surface area contributed by atoms with Crippen molar-refractivity contribution in [3.63, 3.8) is 0 Å². The molecule has 2 aliphatic rings. The van der Waals surface area contributed by atoms with Gasteiger partial charge < -0.3 is 19.0 Å². The number of nitrogens with zero attached hydrogens (tertiary/aromatic N) is 3. The van der Waals surface area contributed by atoms with Gasteiger partial charge in [-0.2, -0.15) is 5.26 Å². The molecule has 8 heteroatoms. The summed E-state index contributed by atoms with van der Waals surface area (Å²) in [6, 6.07) is 4.71. The number of carbonyl (C=O) groups is 3. The number of amides is 2. The molecule has 1 aliphatic carbocycles. The standard InChI is InChI=1S/C20H25N3O5/c1-22(20(14-21)9-3-2-4-10-20)17(24)13-28-19(26)15-7-5-11-23(15)18(25)16-8-6-12-27-16/h6,8,12,15H,2-5,7,9-11,13H2,1H3/t15-/m0/s1. The molecule has 28 heavy (non-hydrogen) atoms. The first-order valence-corrected chi connectivity index (χ1v) is 9.67. The van der Waals surface area contributed by atoms with E-state index in [0.717, 1.165) is 19.3 Å². The fraction of sp³-hybridized carbons (Fsp3) is 0.600. The van der Waals surface area contributed by atoms with Crippen molar-refractivity contribution < 1.29 is 23.5 Å². The predicted octanol–water partition coefficient (Wildman–Crippen LogP) is 2.11. The zero-order valence-electron chi connectivity index (χ0n) is 16.1. The average molecular weight is 387 g/mol. The molecule has 1 aromatic heterocycles. The molecule has 0 radical (unpaired) electrons. The van der Waals surface area contributed by atoms with Crippen molar-refractivity contribution in [1.82, 2.24) is 9.80 Å². The molecule has 1 saturated heterocycles. The van der Waals surface area contributed by atoms with Gasteiger partial charge in [0.1, 0.15) is 11.6 Å². The number of likely N-dealkylation sites (tertiary alicyclic amines) is 1. The SMILES string of the molecule is CN(C(=O)COC(=O)[C@@H]1CCCN1C(=O)c1ccco1)C1(C#N)CCCCC1. The van der Waals surface area contributed by atoms with Gasteiger partial charge in [-0.1, -0.05) is 19.3 Å². The Kier molecular flexibility index (Phi) is 6.02. The Morgan fingerprint density at radius 1 is 1.32 bits per heavy atom. The maximum atomic E-state index is 12.5. The number of hydrogen-bond acceptors (Lipinski definition) is 6. The van der Waals surface area contributed by atoms with Crippen LogP contribution in [0.1, 0.15) is 55.5 Å². The molecule has 1 saturated carbocycles. The van der Waals surface area contributed by atoms with E-state index in [1.807, 2.05) is 0 Å². The summed E-state index contributed by atoms with van der Waals surface area (Å²) in [5, 5.41) is 9.59. The van der Waals surface area contributed by atoms with Crippen LogP contribution >= 0.6 is 0 Å². The molecule has 1 aliphatic heterocycles. The van der Waals surface area contributed by atoms with Crippen molar-refractivity contribution in [2.75, 3.05) is 20.2 Å². The quantitative estimate of drug-likeness (QED) is 0.717. The minimum Gasteiger partial charge on any atom is -0.459 e. The molecule has 0 N–H and O–H groups in total. The lowest BCUT2D eigenvalue weighted by Crippen LogP contribution is -2.51. The van der Waals surface area contributed by atoms with Crippen LogP contribution in [0.25, 0.3) is 0 Å². The third-order valence-electron chi connectivity index (χ3n) is 5.76. The van der Waals surface area contributed by atoms with Crippen LogP contribution in [0.15, 0.2) is 22.8 Å². The summed E-state index contributed by atoms with van der Waals surface area (Å²) in [7, 11) is 1.59. The Hall–Kier alpha value is -2.82. The number of esters is 1. The first-order chi connectivity index (χ1) is 13.5. The lowest BCUT2D eigenvalue weighted by molar-refractivity contribution is -0.156. The molecule has 150 valence electrons. The van der Waals surface area contributed by atoms with E-state index in [1.165, 1.54) is 16.1 Å². The summed E-state index contributed by atoms with van der Waals surface area (Å²) in [5.41, 5.74) is -0.823. The maximum Gasteiger partial charge on any atom is 0.329 e. The second kappa shape index (κ2) is 8.46. The van der Waals surface area contributed by atoms with Crippen LogP contribution in [0.5, 0.6) is 0 Å². The van der Waals surface area contributed by atoms with Crippen molar-refractivity contribution in [1.29, 1.82) is 5.26 Å². The smallest absolute Gasteiger partial charge is 0.329 e. The zero-order valence-corrected chi connectivity index (χ0v) is 16.1. The van der Waals surface area contributed by atoms with Crippen molar-refractivity contribution >= 4 is 17.8 Å². The van der Waals surface area contributed by atoms with Crippen molar-refractivity contribution in [2.45, 2.75) is 56.5 Å². The van der Waals surface area contributed by atoms with Gasteiger partial charge in [-0.25, -0.2) is 4.79 Å². The normalized spacial score (nSPS) is 21.0. The third kappa shape index (κ3) is 3.88. The Morgan fingerprint density at radius 3 is 2.71 bits per heavy atom. The summed E-state index contributed by atoms with van der Waals surface area (Å²) in [6.07, 6.45) is 6.69. The fourth-order valence-electron chi connectivity index (χ4n) is 4.02. The molecule has 0 spiro atoms. The van der Waals surface area contributed by atoms with Crippen molar-refractivity contribution in [2.24, 2.45) is 0 Å². The molecule has 8 nitrogen and oxygen atoms in total. The van der Waals surface area contributed by atoms with E-state index >= 15 is 0 Å². The second-order valence-corrected chi connectivity index (χ2v) is 7.40. The zero-order chi connectivity index (χ0) is 20.1. The number of rotatable bonds is 5. The van der Waals surface area contributed by atoms with Crippen LogP contribution in [0.4, 0.5) is 0 Å². The lowest BCUT2D eigenvalue weighted by Gasteiger charge is -2.38. The Bertz CT molecular complexity index is 761. The first-order valence-electron chi connectivity index (χ1n) is 9.67. The Labute approximate surface area is 164 Å². The van der Waals surface area contributed by atoms with Gasteiger partial charge in [0.25, 0.3) is 11.8 Å². The molecule has 2 amide bonds. The maximum absolute atomic E-state index is 12.5. The molecule has 1 atom stereocenters. The predicted molar refractivity (Wildman–Crippen MR) is 97.9 cm³/mol. The van der Waals surface area contributed by atoms with Gasteiger partial charge in [0.05, 0.1) is 12.3 Å². The van der Waals surface area contributed by atoms with E-state index in [4.69, 9.17) is 9.15 Å². The van der Waals surface area contributed by atoms with Gasteiger partial charge in [0.15, 0.2) is 12.4 Å². The molecule has 0 bridgehead atoms. The lowest BCUT2D eigenvalue weighted by atomic mass is 9.81. The fourth-order valence-corrected chi connectivity index (χ4v) is 4.02. The topological polar surface area (TPSA) is 104 Å². The van der Waals surface area contributed by atoms with Gasteiger partial charge >= 0.3 is 5.97 Å². The van der Waals surface area contributed by atoms with Crippen LogP contribution in [0, 0.1) is 11.3 Å². The summed E-state index contributed by atoms with van der Waals surface area (Å²) < 4.78 is 10.3. The van der Waals surface area contributed by atoms with E-state index in [-0.39, 0.29) is 11.7 Å². The van der Waals surface area contributed by atoms with Crippen molar-refractivity contribution in [3.8, 4) is 6.07 Å². The number of nitriles is 1. The van der Waals surface area contributed by atoms with Crippen LogP contribution in [-0.4, -0.2) is 59.4 Å². The summed E-state index contributed by atoms with van der Waals surface area (Å²) in [4.78, 5) is 40.3. The van der Waals surface area contributed by atoms with Gasteiger partial charge in [0.2, 0.25) is 0 Å². The average Bonchev–Trinajstić information content (AvgIpc) is 3.43. The molecule has 3 rings (SSSR count). The van der Waals surface area contributed by atoms with Crippen LogP contribution < -0.4 is 0 Å². The minimum absolute atomic E-state index is 0.170. The Morgan fingerprint density at radius 2 is 2.07 bits per heavy atom. The van der Waals surface area contributed by atoms with Gasteiger partial charge in [-0.3, -0.25) is 9.59 Å². The molecule has 0 unspecified atom stereocenters. The summed E-state index contributed by atoms with van der Waals surface area (Å²) in [6.45, 7) is 0.00272. The van der Waals surface area contributed by atoms with E-state index in [1.54, 1.807) is 19.2 Å². The third-order valence-corrected chi connectivity index (χ3v) is 5.76. The van der Waals surface area contributed by atoms with Crippen LogP contribution in [0.3, 0.4) is 0 Å². The molecule has 1 aromatic rings. The van der Waals surface area contributed by atoms with Crippen LogP contribution in [-0.2, 0) is 14.3 Å². The highest BCUT2D eigenvalue weighted by molar-refractivity contribution is 5.95. The number of furan rings is 1. The number of carbonyl (C=O) groups excluding carboxylic acids is 3. The largest absolute Gasteiger partial charge is 0.459 e. The van der Waals surface area contributed by atoms with Gasteiger partial charge in [0, 0.05) is 13.6 Å². The minimum atomic E-state index is -0.823. The number of hydrogen-bond donors (Lipinski definition) is 0. The van der Waals surface area contributed by atoms with E-state index < -0.39 is 30.1 Å². The van der Waals surface area contributed by atoms with E-state index in [2.05, 4.69) is 6.07 Å².